The Kier molecular flexibility index (Phi) is 2.47. The molecule has 6 heteroatoms. The summed E-state index contributed by atoms with van der Waals surface area (Å²) in [6, 6.07) is 2.16. The fourth-order valence-corrected chi connectivity index (χ4v) is 1.29. The highest BCUT2D eigenvalue weighted by atomic mass is 19.1. The molecular weight excluding hydrogens is 214 g/mol. The maximum atomic E-state index is 13.6. The van der Waals surface area contributed by atoms with Crippen LogP contribution in [0.4, 0.5) is 14.7 Å². The van der Waals surface area contributed by atoms with Crippen molar-refractivity contribution in [3.63, 3.8) is 0 Å². The van der Waals surface area contributed by atoms with Gasteiger partial charge in [-0.3, -0.25) is 0 Å². The molecule has 82 valence electrons. The first-order valence-electron chi connectivity index (χ1n) is 4.49. The number of hydrogen-bond acceptors (Lipinski definition) is 4. The zero-order valence-electron chi connectivity index (χ0n) is 8.41. The van der Waals surface area contributed by atoms with Crippen molar-refractivity contribution in [1.82, 2.24) is 15.2 Å². The van der Waals surface area contributed by atoms with Gasteiger partial charge in [0, 0.05) is 5.56 Å². The van der Waals surface area contributed by atoms with Gasteiger partial charge in [-0.2, -0.15) is 5.10 Å². The van der Waals surface area contributed by atoms with E-state index in [1.54, 1.807) is 0 Å². The molecule has 0 radical (unpaired) electrons. The molecule has 4 nitrogen and oxygen atoms in total. The van der Waals surface area contributed by atoms with Crippen LogP contribution in [-0.4, -0.2) is 15.2 Å². The van der Waals surface area contributed by atoms with E-state index in [0.717, 1.165) is 12.1 Å². The summed E-state index contributed by atoms with van der Waals surface area (Å²) in [6.07, 6.45) is 1.23. The summed E-state index contributed by atoms with van der Waals surface area (Å²) in [5.41, 5.74) is 5.72. The van der Waals surface area contributed by atoms with Crippen LogP contribution in [0, 0.1) is 18.6 Å². The lowest BCUT2D eigenvalue weighted by molar-refractivity contribution is 0.594. The summed E-state index contributed by atoms with van der Waals surface area (Å²) in [5.74, 6) is -1.16. The molecule has 0 saturated heterocycles. The van der Waals surface area contributed by atoms with Crippen LogP contribution in [0.5, 0.6) is 0 Å². The first kappa shape index (κ1) is 10.4. The van der Waals surface area contributed by atoms with Crippen molar-refractivity contribution in [3.8, 4) is 11.3 Å². The molecule has 1 heterocycles. The topological polar surface area (TPSA) is 64.7 Å². The molecule has 2 aromatic rings. The van der Waals surface area contributed by atoms with E-state index < -0.39 is 11.6 Å². The van der Waals surface area contributed by atoms with E-state index in [-0.39, 0.29) is 22.8 Å². The van der Waals surface area contributed by atoms with Crippen molar-refractivity contribution >= 4 is 5.95 Å². The quantitative estimate of drug-likeness (QED) is 0.797. The van der Waals surface area contributed by atoms with Crippen molar-refractivity contribution in [1.29, 1.82) is 0 Å². The summed E-state index contributed by atoms with van der Waals surface area (Å²) in [5, 5.41) is 6.96. The summed E-state index contributed by atoms with van der Waals surface area (Å²) >= 11 is 0. The predicted molar refractivity (Wildman–Crippen MR) is 54.3 cm³/mol. The number of nitrogens with zero attached hydrogens (tertiary/aromatic N) is 3. The van der Waals surface area contributed by atoms with Gasteiger partial charge in [-0.15, -0.1) is 5.10 Å². The summed E-state index contributed by atoms with van der Waals surface area (Å²) in [4.78, 5) is 3.77. The van der Waals surface area contributed by atoms with Crippen LogP contribution in [0.25, 0.3) is 11.3 Å². The van der Waals surface area contributed by atoms with Crippen LogP contribution >= 0.6 is 0 Å². The number of rotatable bonds is 1. The minimum atomic E-state index is -0.571. The number of anilines is 1. The molecule has 0 aliphatic carbocycles. The molecule has 0 saturated carbocycles. The number of hydrogen-bond donors (Lipinski definition) is 1. The smallest absolute Gasteiger partial charge is 0.240 e. The van der Waals surface area contributed by atoms with Crippen LogP contribution in [0.2, 0.25) is 0 Å². The van der Waals surface area contributed by atoms with E-state index in [9.17, 15) is 8.78 Å². The lowest BCUT2D eigenvalue weighted by Gasteiger charge is -2.04. The van der Waals surface area contributed by atoms with Gasteiger partial charge >= 0.3 is 0 Å². The first-order chi connectivity index (χ1) is 7.58. The highest BCUT2D eigenvalue weighted by molar-refractivity contribution is 5.60. The lowest BCUT2D eigenvalue weighted by Crippen LogP contribution is -2.00. The number of aromatic nitrogens is 3. The lowest BCUT2D eigenvalue weighted by atomic mass is 10.1. The fourth-order valence-electron chi connectivity index (χ4n) is 1.29. The van der Waals surface area contributed by atoms with Crippen molar-refractivity contribution in [2.45, 2.75) is 6.92 Å². The van der Waals surface area contributed by atoms with Gasteiger partial charge in [-0.25, -0.2) is 13.8 Å². The molecule has 0 aliphatic heterocycles. The van der Waals surface area contributed by atoms with E-state index in [2.05, 4.69) is 15.2 Å². The summed E-state index contributed by atoms with van der Waals surface area (Å²) < 4.78 is 26.8. The predicted octanol–water partition coefficient (Wildman–Crippen LogP) is 1.71. The van der Waals surface area contributed by atoms with Gasteiger partial charge in [0.25, 0.3) is 0 Å². The zero-order chi connectivity index (χ0) is 11.7. The molecule has 1 aromatic heterocycles. The average molecular weight is 222 g/mol. The second-order valence-corrected chi connectivity index (χ2v) is 3.28. The molecule has 16 heavy (non-hydrogen) atoms. The molecule has 2 rings (SSSR count). The number of nitrogen functional groups attached to an aromatic ring is 1. The molecule has 0 amide bonds. The van der Waals surface area contributed by atoms with Crippen LogP contribution in [0.3, 0.4) is 0 Å². The normalized spacial score (nSPS) is 10.4. The molecule has 1 aromatic carbocycles. The number of halogens is 2. The Bertz CT molecular complexity index is 542. The second-order valence-electron chi connectivity index (χ2n) is 3.28. The monoisotopic (exact) mass is 222 g/mol. The van der Waals surface area contributed by atoms with E-state index >= 15 is 0 Å². The van der Waals surface area contributed by atoms with Gasteiger partial charge in [-0.1, -0.05) is 0 Å². The molecule has 0 atom stereocenters. The first-order valence-corrected chi connectivity index (χ1v) is 4.49. The highest BCUT2D eigenvalue weighted by Gasteiger charge is 2.11. The Morgan fingerprint density at radius 3 is 2.62 bits per heavy atom. The Morgan fingerprint density at radius 2 is 1.94 bits per heavy atom. The Balaban J connectivity index is 2.60. The molecule has 0 bridgehead atoms. The fraction of sp³-hybridized carbons (Fsp3) is 0.100. The number of aryl methyl sites for hydroxylation is 1. The SMILES string of the molecule is Cc1cc(F)c(-c2cnnc(N)n2)cc1F. The van der Waals surface area contributed by atoms with Crippen molar-refractivity contribution in [2.75, 3.05) is 5.73 Å². The van der Waals surface area contributed by atoms with E-state index in [0.29, 0.717) is 0 Å². The molecule has 0 unspecified atom stereocenters. The van der Waals surface area contributed by atoms with Crippen LogP contribution in [0.15, 0.2) is 18.3 Å². The second kappa shape index (κ2) is 3.80. The van der Waals surface area contributed by atoms with Gasteiger partial charge in [0.05, 0.1) is 11.9 Å². The Hall–Kier alpha value is -2.11. The maximum Gasteiger partial charge on any atom is 0.240 e. The molecule has 0 fully saturated rings. The molecule has 0 aliphatic rings. The van der Waals surface area contributed by atoms with E-state index in [4.69, 9.17) is 5.73 Å². The summed E-state index contributed by atoms with van der Waals surface area (Å²) in [6.45, 7) is 1.48. The molecule has 0 spiro atoms. The summed E-state index contributed by atoms with van der Waals surface area (Å²) in [7, 11) is 0. The van der Waals surface area contributed by atoms with Crippen molar-refractivity contribution < 1.29 is 8.78 Å². The van der Waals surface area contributed by atoms with Crippen LogP contribution in [0.1, 0.15) is 5.56 Å². The molecular formula is C10H8F2N4. The molecule has 2 N–H and O–H groups in total. The van der Waals surface area contributed by atoms with Crippen LogP contribution < -0.4 is 5.73 Å². The van der Waals surface area contributed by atoms with E-state index in [1.165, 1.54) is 13.1 Å². The number of benzene rings is 1. The van der Waals surface area contributed by atoms with Gasteiger partial charge < -0.3 is 5.73 Å². The Morgan fingerprint density at radius 1 is 1.19 bits per heavy atom. The van der Waals surface area contributed by atoms with E-state index in [1.807, 2.05) is 0 Å². The largest absolute Gasteiger partial charge is 0.366 e. The maximum absolute atomic E-state index is 13.6. The van der Waals surface area contributed by atoms with Crippen molar-refractivity contribution in [3.05, 3.63) is 35.5 Å². The van der Waals surface area contributed by atoms with Crippen LogP contribution in [-0.2, 0) is 0 Å². The van der Waals surface area contributed by atoms with Gasteiger partial charge in [0.15, 0.2) is 0 Å². The standard InChI is InChI=1S/C10H8F2N4/c1-5-2-8(12)6(3-7(5)11)9-4-14-16-10(13)15-9/h2-4H,1H3,(H2,13,15,16). The Labute approximate surface area is 90.2 Å². The third kappa shape index (κ3) is 1.81. The minimum Gasteiger partial charge on any atom is -0.366 e. The zero-order valence-corrected chi connectivity index (χ0v) is 8.41. The third-order valence-electron chi connectivity index (χ3n) is 2.10. The van der Waals surface area contributed by atoms with Gasteiger partial charge in [0.1, 0.15) is 11.6 Å². The average Bonchev–Trinajstić information content (AvgIpc) is 2.23. The van der Waals surface area contributed by atoms with Gasteiger partial charge in [-0.05, 0) is 24.6 Å². The third-order valence-corrected chi connectivity index (χ3v) is 2.10. The van der Waals surface area contributed by atoms with Crippen molar-refractivity contribution in [2.24, 2.45) is 0 Å². The minimum absolute atomic E-state index is 0.0182. The number of nitrogens with two attached hydrogens (primary N) is 1. The highest BCUT2D eigenvalue weighted by Crippen LogP contribution is 2.23. The van der Waals surface area contributed by atoms with Gasteiger partial charge in [0.2, 0.25) is 5.95 Å².